The molecule has 0 N–H and O–H groups in total. The van der Waals surface area contributed by atoms with Gasteiger partial charge in [0.25, 0.3) is 6.08 Å². The predicted octanol–water partition coefficient (Wildman–Crippen LogP) is 4.29. The van der Waals surface area contributed by atoms with Crippen LogP contribution in [-0.2, 0) is 0 Å². The van der Waals surface area contributed by atoms with Crippen molar-refractivity contribution >= 4 is 0 Å². The van der Waals surface area contributed by atoms with Crippen LogP contribution in [0, 0.1) is 11.8 Å². The molecule has 2 atom stereocenters. The first-order chi connectivity index (χ1) is 6.65. The summed E-state index contributed by atoms with van der Waals surface area (Å²) in [7, 11) is 0. The Morgan fingerprint density at radius 2 is 1.93 bits per heavy atom. The molecule has 14 heavy (non-hydrogen) atoms. The van der Waals surface area contributed by atoms with Crippen LogP contribution in [0.1, 0.15) is 39.0 Å². The molecule has 2 heteroatoms. The van der Waals surface area contributed by atoms with Crippen LogP contribution in [0.25, 0.3) is 0 Å². The molecule has 0 aromatic rings. The Labute approximate surface area is 83.7 Å². The summed E-state index contributed by atoms with van der Waals surface area (Å²) in [6.07, 6.45) is 4.85. The molecule has 0 amide bonds. The van der Waals surface area contributed by atoms with E-state index in [2.05, 4.69) is 6.92 Å². The third-order valence-corrected chi connectivity index (χ3v) is 3.38. The minimum Gasteiger partial charge on any atom is -0.174 e. The first-order valence-electron chi connectivity index (χ1n) is 5.37. The lowest BCUT2D eigenvalue weighted by molar-refractivity contribution is 0.401. The van der Waals surface area contributed by atoms with Crippen LogP contribution in [0.5, 0.6) is 0 Å². The van der Waals surface area contributed by atoms with Gasteiger partial charge in [-0.25, -0.2) is 0 Å². The Balaban J connectivity index is 2.03. The van der Waals surface area contributed by atoms with E-state index < -0.39 is 6.08 Å². The molecule has 0 bridgehead atoms. The van der Waals surface area contributed by atoms with Crippen LogP contribution in [0.15, 0.2) is 23.3 Å². The summed E-state index contributed by atoms with van der Waals surface area (Å²) in [6.45, 7) is 2.25. The highest BCUT2D eigenvalue weighted by Crippen LogP contribution is 2.42. The van der Waals surface area contributed by atoms with E-state index in [-0.39, 0.29) is 5.92 Å². The van der Waals surface area contributed by atoms with Gasteiger partial charge in [-0.2, -0.15) is 8.78 Å². The van der Waals surface area contributed by atoms with Crippen molar-refractivity contribution in [2.24, 2.45) is 11.8 Å². The standard InChI is InChI=1S/C12H16F2/c1-8-4-10-3-2-9(7-12(13)14)6-11(10)5-8/h7-9H,2-6H2,1H3. The van der Waals surface area contributed by atoms with Crippen molar-refractivity contribution in [1.29, 1.82) is 0 Å². The monoisotopic (exact) mass is 198 g/mol. The molecule has 0 radical (unpaired) electrons. The van der Waals surface area contributed by atoms with Gasteiger partial charge in [-0.1, -0.05) is 18.1 Å². The molecule has 2 rings (SSSR count). The molecular formula is C12H16F2. The van der Waals surface area contributed by atoms with Crippen molar-refractivity contribution < 1.29 is 8.78 Å². The lowest BCUT2D eigenvalue weighted by Crippen LogP contribution is -2.05. The topological polar surface area (TPSA) is 0 Å². The van der Waals surface area contributed by atoms with E-state index in [9.17, 15) is 8.78 Å². The average molecular weight is 198 g/mol. The molecule has 0 nitrogen and oxygen atoms in total. The van der Waals surface area contributed by atoms with Gasteiger partial charge >= 0.3 is 0 Å². The second-order valence-corrected chi connectivity index (χ2v) is 4.68. The molecule has 2 unspecified atom stereocenters. The fraction of sp³-hybridized carbons (Fsp3) is 0.667. The first-order valence-corrected chi connectivity index (χ1v) is 5.37. The maximum atomic E-state index is 12.1. The quantitative estimate of drug-likeness (QED) is 0.551. The summed E-state index contributed by atoms with van der Waals surface area (Å²) < 4.78 is 24.2. The van der Waals surface area contributed by atoms with E-state index >= 15 is 0 Å². The van der Waals surface area contributed by atoms with E-state index in [0.717, 1.165) is 37.7 Å². The largest absolute Gasteiger partial charge is 0.266 e. The smallest absolute Gasteiger partial charge is 0.174 e. The van der Waals surface area contributed by atoms with Gasteiger partial charge < -0.3 is 0 Å². The highest BCUT2D eigenvalue weighted by Gasteiger charge is 2.26. The third kappa shape index (κ3) is 2.05. The van der Waals surface area contributed by atoms with Crippen molar-refractivity contribution in [3.8, 4) is 0 Å². The van der Waals surface area contributed by atoms with Crippen LogP contribution < -0.4 is 0 Å². The Morgan fingerprint density at radius 3 is 2.64 bits per heavy atom. The van der Waals surface area contributed by atoms with Crippen LogP contribution >= 0.6 is 0 Å². The molecule has 0 saturated heterocycles. The van der Waals surface area contributed by atoms with E-state index in [0.29, 0.717) is 0 Å². The van der Waals surface area contributed by atoms with Gasteiger partial charge in [-0.05, 0) is 50.0 Å². The van der Waals surface area contributed by atoms with Crippen LogP contribution in [0.4, 0.5) is 8.78 Å². The molecule has 0 saturated carbocycles. The summed E-state index contributed by atoms with van der Waals surface area (Å²) in [4.78, 5) is 0. The summed E-state index contributed by atoms with van der Waals surface area (Å²) in [5.74, 6) is 0.849. The van der Waals surface area contributed by atoms with Crippen molar-refractivity contribution in [2.45, 2.75) is 39.0 Å². The van der Waals surface area contributed by atoms with E-state index in [4.69, 9.17) is 0 Å². The van der Waals surface area contributed by atoms with Gasteiger partial charge in [-0.3, -0.25) is 0 Å². The van der Waals surface area contributed by atoms with Crippen LogP contribution in [0.2, 0.25) is 0 Å². The van der Waals surface area contributed by atoms with Crippen molar-refractivity contribution in [2.75, 3.05) is 0 Å². The zero-order chi connectivity index (χ0) is 10.1. The number of hydrogen-bond donors (Lipinski definition) is 0. The van der Waals surface area contributed by atoms with Crippen molar-refractivity contribution in [3.63, 3.8) is 0 Å². The van der Waals surface area contributed by atoms with Gasteiger partial charge in [0, 0.05) is 0 Å². The van der Waals surface area contributed by atoms with E-state index in [1.807, 2.05) is 0 Å². The van der Waals surface area contributed by atoms with E-state index in [1.165, 1.54) is 12.0 Å². The number of rotatable bonds is 1. The molecule has 2 aliphatic rings. The molecule has 2 aliphatic carbocycles. The fourth-order valence-corrected chi connectivity index (χ4v) is 2.81. The first kappa shape index (κ1) is 9.88. The maximum Gasteiger partial charge on any atom is 0.266 e. The Kier molecular flexibility index (Phi) is 2.71. The highest BCUT2D eigenvalue weighted by atomic mass is 19.3. The summed E-state index contributed by atoms with van der Waals surface area (Å²) in [5, 5.41) is 0. The average Bonchev–Trinajstić information content (AvgIpc) is 2.42. The molecule has 0 aliphatic heterocycles. The van der Waals surface area contributed by atoms with Crippen molar-refractivity contribution in [1.82, 2.24) is 0 Å². The number of allylic oxidation sites excluding steroid dienone is 3. The highest BCUT2D eigenvalue weighted by molar-refractivity contribution is 5.25. The zero-order valence-corrected chi connectivity index (χ0v) is 8.52. The van der Waals surface area contributed by atoms with Crippen LogP contribution in [-0.4, -0.2) is 0 Å². The fourth-order valence-electron chi connectivity index (χ4n) is 2.81. The molecule has 0 spiro atoms. The minimum atomic E-state index is -1.51. The van der Waals surface area contributed by atoms with Gasteiger partial charge in [0.2, 0.25) is 0 Å². The zero-order valence-electron chi connectivity index (χ0n) is 8.52. The SMILES string of the molecule is CC1CC2=C(C1)CC(C=C(F)F)CC2. The molecule has 0 heterocycles. The second kappa shape index (κ2) is 3.84. The molecule has 0 fully saturated rings. The number of hydrogen-bond acceptors (Lipinski definition) is 0. The summed E-state index contributed by atoms with van der Waals surface area (Å²) in [5.41, 5.74) is 3.05. The minimum absolute atomic E-state index is 0.101. The van der Waals surface area contributed by atoms with Gasteiger partial charge in [0.15, 0.2) is 0 Å². The predicted molar refractivity (Wildman–Crippen MR) is 53.1 cm³/mol. The molecule has 78 valence electrons. The van der Waals surface area contributed by atoms with Crippen LogP contribution in [0.3, 0.4) is 0 Å². The Bertz CT molecular complexity index is 285. The van der Waals surface area contributed by atoms with Gasteiger partial charge in [-0.15, -0.1) is 0 Å². The lowest BCUT2D eigenvalue weighted by Gasteiger charge is -2.20. The van der Waals surface area contributed by atoms with Gasteiger partial charge in [0.05, 0.1) is 0 Å². The summed E-state index contributed by atoms with van der Waals surface area (Å²) >= 11 is 0. The van der Waals surface area contributed by atoms with Crippen molar-refractivity contribution in [3.05, 3.63) is 23.3 Å². The molecule has 0 aromatic carbocycles. The lowest BCUT2D eigenvalue weighted by atomic mass is 9.85. The number of halogens is 2. The van der Waals surface area contributed by atoms with Gasteiger partial charge in [0.1, 0.15) is 0 Å². The third-order valence-electron chi connectivity index (χ3n) is 3.38. The van der Waals surface area contributed by atoms with E-state index in [1.54, 1.807) is 5.57 Å². The molecular weight excluding hydrogens is 182 g/mol. The summed E-state index contributed by atoms with van der Waals surface area (Å²) in [6, 6.07) is 0. The maximum absolute atomic E-state index is 12.1. The Hall–Kier alpha value is -0.660. The normalized spacial score (nSPS) is 31.6. The molecule has 0 aromatic heterocycles. The Morgan fingerprint density at radius 1 is 1.21 bits per heavy atom. The second-order valence-electron chi connectivity index (χ2n) is 4.68.